The minimum atomic E-state index is -1.24. The molecule has 0 saturated heterocycles. The van der Waals surface area contributed by atoms with Crippen molar-refractivity contribution < 1.29 is 19.8 Å². The lowest BCUT2D eigenvalue weighted by molar-refractivity contribution is -0.131. The van der Waals surface area contributed by atoms with Crippen LogP contribution in [0.4, 0.5) is 0 Å². The number of carbonyl (C=O) groups is 2. The van der Waals surface area contributed by atoms with Crippen LogP contribution in [0.3, 0.4) is 0 Å². The highest BCUT2D eigenvalue weighted by molar-refractivity contribution is 5.92. The van der Waals surface area contributed by atoms with Crippen LogP contribution in [-0.2, 0) is 9.59 Å². The van der Waals surface area contributed by atoms with Gasteiger partial charge in [0.1, 0.15) is 5.60 Å². The summed E-state index contributed by atoms with van der Waals surface area (Å²) in [5.41, 5.74) is -0.758. The van der Waals surface area contributed by atoms with Gasteiger partial charge in [0.25, 0.3) is 0 Å². The molecular formula is C15H20O4. The molecule has 0 fully saturated rings. The average molecular weight is 264 g/mol. The minimum absolute atomic E-state index is 0.00150. The molecule has 0 unspecified atom stereocenters. The molecule has 4 heteroatoms. The number of ketones is 1. The van der Waals surface area contributed by atoms with Gasteiger partial charge in [0.05, 0.1) is 0 Å². The molecule has 0 aromatic heterocycles. The van der Waals surface area contributed by atoms with E-state index in [1.807, 2.05) is 13.8 Å². The SMILES string of the molecule is CC1=CC(=O)CC(C)(C)[C@]1(O)/C=C\C(C)=C\C(=O)O. The molecule has 0 heterocycles. The number of hydrogen-bond acceptors (Lipinski definition) is 3. The van der Waals surface area contributed by atoms with Gasteiger partial charge in [0, 0.05) is 17.9 Å². The standard InChI is InChI=1S/C15H20O4/c1-10(7-13(17)18)5-6-15(19)11(2)8-12(16)9-14(15,3)4/h5-8,19H,9H2,1-4H3,(H,17,18)/b6-5-,10-7+/t15-/m0/s1. The lowest BCUT2D eigenvalue weighted by Gasteiger charge is -2.43. The highest BCUT2D eigenvalue weighted by Gasteiger charge is 2.46. The molecule has 0 aliphatic heterocycles. The van der Waals surface area contributed by atoms with Crippen molar-refractivity contribution in [2.45, 2.75) is 39.7 Å². The van der Waals surface area contributed by atoms with Crippen molar-refractivity contribution in [2.24, 2.45) is 5.41 Å². The monoisotopic (exact) mass is 264 g/mol. The maximum atomic E-state index is 11.6. The van der Waals surface area contributed by atoms with Crippen LogP contribution < -0.4 is 0 Å². The first-order chi connectivity index (χ1) is 8.58. The van der Waals surface area contributed by atoms with E-state index in [1.54, 1.807) is 26.0 Å². The van der Waals surface area contributed by atoms with E-state index in [-0.39, 0.29) is 12.2 Å². The lowest BCUT2D eigenvalue weighted by Crippen LogP contribution is -2.48. The lowest BCUT2D eigenvalue weighted by atomic mass is 9.64. The molecule has 104 valence electrons. The molecule has 0 spiro atoms. The Morgan fingerprint density at radius 2 is 2.00 bits per heavy atom. The number of carboxylic acid groups (broad SMARTS) is 1. The zero-order chi connectivity index (χ0) is 14.8. The molecule has 1 atom stereocenters. The van der Waals surface area contributed by atoms with Crippen LogP contribution >= 0.6 is 0 Å². The fourth-order valence-corrected chi connectivity index (χ4v) is 2.36. The predicted molar refractivity (Wildman–Crippen MR) is 72.6 cm³/mol. The third-order valence-corrected chi connectivity index (χ3v) is 3.57. The summed E-state index contributed by atoms with van der Waals surface area (Å²) >= 11 is 0. The second kappa shape index (κ2) is 5.13. The quantitative estimate of drug-likeness (QED) is 0.605. The number of rotatable bonds is 3. The molecule has 1 aliphatic rings. The van der Waals surface area contributed by atoms with Crippen molar-refractivity contribution >= 4 is 11.8 Å². The number of carboxylic acids is 1. The van der Waals surface area contributed by atoms with Crippen LogP contribution in [0.5, 0.6) is 0 Å². The Labute approximate surface area is 113 Å². The zero-order valence-electron chi connectivity index (χ0n) is 11.7. The van der Waals surface area contributed by atoms with Gasteiger partial charge in [-0.25, -0.2) is 4.79 Å². The predicted octanol–water partition coefficient (Wildman–Crippen LogP) is 2.25. The van der Waals surface area contributed by atoms with Crippen molar-refractivity contribution in [3.63, 3.8) is 0 Å². The van der Waals surface area contributed by atoms with Crippen molar-refractivity contribution in [2.75, 3.05) is 0 Å². The van der Waals surface area contributed by atoms with Crippen molar-refractivity contribution in [3.8, 4) is 0 Å². The van der Waals surface area contributed by atoms with Gasteiger partial charge in [-0.3, -0.25) is 4.79 Å². The second-order valence-corrected chi connectivity index (χ2v) is 5.68. The topological polar surface area (TPSA) is 74.6 Å². The Morgan fingerprint density at radius 3 is 2.47 bits per heavy atom. The Bertz CT molecular complexity index is 494. The van der Waals surface area contributed by atoms with Crippen molar-refractivity contribution in [1.82, 2.24) is 0 Å². The molecule has 19 heavy (non-hydrogen) atoms. The van der Waals surface area contributed by atoms with Gasteiger partial charge >= 0.3 is 5.97 Å². The summed E-state index contributed by atoms with van der Waals surface area (Å²) in [5.74, 6) is -1.03. The van der Waals surface area contributed by atoms with E-state index in [9.17, 15) is 14.7 Å². The summed E-state index contributed by atoms with van der Waals surface area (Å²) in [5, 5.41) is 19.4. The summed E-state index contributed by atoms with van der Waals surface area (Å²) in [7, 11) is 0. The smallest absolute Gasteiger partial charge is 0.328 e. The van der Waals surface area contributed by atoms with E-state index in [4.69, 9.17) is 5.11 Å². The fraction of sp³-hybridized carbons (Fsp3) is 0.467. The number of carbonyl (C=O) groups excluding carboxylic acids is 1. The molecule has 1 rings (SSSR count). The maximum absolute atomic E-state index is 11.6. The summed E-state index contributed by atoms with van der Waals surface area (Å²) in [6.07, 6.45) is 5.92. The molecule has 1 aliphatic carbocycles. The second-order valence-electron chi connectivity index (χ2n) is 5.68. The molecule has 0 bridgehead atoms. The van der Waals surface area contributed by atoms with Gasteiger partial charge in [0.2, 0.25) is 0 Å². The first kappa shape index (κ1) is 15.4. The molecule has 0 amide bonds. The highest BCUT2D eigenvalue weighted by atomic mass is 16.4. The first-order valence-corrected chi connectivity index (χ1v) is 6.13. The van der Waals surface area contributed by atoms with Gasteiger partial charge in [-0.05, 0) is 37.1 Å². The van der Waals surface area contributed by atoms with Crippen LogP contribution in [-0.4, -0.2) is 27.6 Å². The molecule has 2 N–H and O–H groups in total. The molecule has 4 nitrogen and oxygen atoms in total. The van der Waals surface area contributed by atoms with Crippen LogP contribution in [0.1, 0.15) is 34.1 Å². The van der Waals surface area contributed by atoms with Crippen LogP contribution in [0, 0.1) is 5.41 Å². The molecular weight excluding hydrogens is 244 g/mol. The third kappa shape index (κ3) is 3.20. The van der Waals surface area contributed by atoms with E-state index in [0.717, 1.165) is 6.08 Å². The number of hydrogen-bond donors (Lipinski definition) is 2. The van der Waals surface area contributed by atoms with E-state index >= 15 is 0 Å². The Balaban J connectivity index is 3.15. The molecule has 0 aromatic carbocycles. The highest BCUT2D eigenvalue weighted by Crippen LogP contribution is 2.44. The van der Waals surface area contributed by atoms with Crippen molar-refractivity contribution in [3.05, 3.63) is 35.5 Å². The van der Waals surface area contributed by atoms with E-state index in [2.05, 4.69) is 0 Å². The van der Waals surface area contributed by atoms with E-state index in [0.29, 0.717) is 11.1 Å². The van der Waals surface area contributed by atoms with Crippen LogP contribution in [0.15, 0.2) is 35.5 Å². The van der Waals surface area contributed by atoms with Crippen molar-refractivity contribution in [1.29, 1.82) is 0 Å². The molecule has 0 aromatic rings. The Morgan fingerprint density at radius 1 is 1.42 bits per heavy atom. The summed E-state index contributed by atoms with van der Waals surface area (Å²) < 4.78 is 0. The molecule has 0 radical (unpaired) electrons. The first-order valence-electron chi connectivity index (χ1n) is 6.13. The van der Waals surface area contributed by atoms with Gasteiger partial charge in [-0.15, -0.1) is 0 Å². The normalized spacial score (nSPS) is 27.5. The van der Waals surface area contributed by atoms with Crippen LogP contribution in [0.2, 0.25) is 0 Å². The van der Waals surface area contributed by atoms with E-state index < -0.39 is 17.0 Å². The maximum Gasteiger partial charge on any atom is 0.328 e. The summed E-state index contributed by atoms with van der Waals surface area (Å²) in [6.45, 7) is 7.00. The molecule has 0 saturated carbocycles. The third-order valence-electron chi connectivity index (χ3n) is 3.57. The fourth-order valence-electron chi connectivity index (χ4n) is 2.36. The minimum Gasteiger partial charge on any atom is -0.478 e. The number of aliphatic hydroxyl groups is 1. The summed E-state index contributed by atoms with van der Waals surface area (Å²) in [4.78, 5) is 22.1. The van der Waals surface area contributed by atoms with Gasteiger partial charge < -0.3 is 10.2 Å². The van der Waals surface area contributed by atoms with E-state index in [1.165, 1.54) is 6.08 Å². The van der Waals surface area contributed by atoms with Crippen LogP contribution in [0.25, 0.3) is 0 Å². The van der Waals surface area contributed by atoms with Gasteiger partial charge in [-0.1, -0.05) is 19.9 Å². The number of allylic oxidation sites excluding steroid dienone is 3. The Kier molecular flexibility index (Phi) is 4.15. The zero-order valence-corrected chi connectivity index (χ0v) is 11.7. The summed E-state index contributed by atoms with van der Waals surface area (Å²) in [6, 6.07) is 0. The van der Waals surface area contributed by atoms with Gasteiger partial charge in [0.15, 0.2) is 5.78 Å². The average Bonchev–Trinajstić information content (AvgIpc) is 2.21. The largest absolute Gasteiger partial charge is 0.478 e. The Hall–Kier alpha value is -1.68. The van der Waals surface area contributed by atoms with Gasteiger partial charge in [-0.2, -0.15) is 0 Å². The number of aliphatic carboxylic acids is 1.